The maximum Gasteiger partial charge on any atom is 0.314 e. The zero-order chi connectivity index (χ0) is 37.8. The lowest BCUT2D eigenvalue weighted by Crippen LogP contribution is -2.35. The second-order valence-corrected chi connectivity index (χ2v) is 17.9. The van der Waals surface area contributed by atoms with E-state index in [0.717, 1.165) is 70.6 Å². The summed E-state index contributed by atoms with van der Waals surface area (Å²) in [5, 5.41) is 0. The standard InChI is InChI=1S/C43H70O8/c1-11-12-39(44)34-17-13-32(14-18-34)33-15-19-35(20-16-33)40(45)51-37-23-21-36(22-24-37)50-31(4)28-48-29(2)26-47-30(3)27-49-41(46)38(43(8,9)10)25-42(5,6)7/h21-24,29-35,38H,11-20,25-28H2,1-10H3. The van der Waals surface area contributed by atoms with E-state index in [0.29, 0.717) is 42.3 Å². The highest BCUT2D eigenvalue weighted by Crippen LogP contribution is 2.42. The maximum absolute atomic E-state index is 13.0. The monoisotopic (exact) mass is 715 g/mol. The molecule has 0 aliphatic heterocycles. The van der Waals surface area contributed by atoms with Crippen LogP contribution in [0, 0.1) is 40.4 Å². The number of ketones is 1. The van der Waals surface area contributed by atoms with Gasteiger partial charge in [-0.05, 0) is 132 Å². The molecule has 2 aliphatic rings. The van der Waals surface area contributed by atoms with Crippen LogP contribution in [0.2, 0.25) is 0 Å². The van der Waals surface area contributed by atoms with E-state index in [1.165, 1.54) is 0 Å². The second-order valence-electron chi connectivity index (χ2n) is 17.9. The molecule has 0 heterocycles. The largest absolute Gasteiger partial charge is 0.488 e. The smallest absolute Gasteiger partial charge is 0.314 e. The third-order valence-electron chi connectivity index (χ3n) is 10.7. The fourth-order valence-corrected chi connectivity index (χ4v) is 7.59. The zero-order valence-corrected chi connectivity index (χ0v) is 33.6. The number of carbonyl (C=O) groups is 3. The summed E-state index contributed by atoms with van der Waals surface area (Å²) >= 11 is 0. The predicted octanol–water partition coefficient (Wildman–Crippen LogP) is 9.79. The zero-order valence-electron chi connectivity index (χ0n) is 33.6. The number of ether oxygens (including phenoxy) is 5. The molecule has 2 aliphatic carbocycles. The first-order chi connectivity index (χ1) is 23.9. The van der Waals surface area contributed by atoms with Crippen LogP contribution in [0.15, 0.2) is 24.3 Å². The Morgan fingerprint density at radius 2 is 1.18 bits per heavy atom. The topological polar surface area (TPSA) is 97.4 Å². The number of Topliss-reactive ketones (excluding diaryl/α,β-unsaturated/α-hetero) is 1. The van der Waals surface area contributed by atoms with E-state index in [2.05, 4.69) is 48.5 Å². The van der Waals surface area contributed by atoms with Crippen molar-refractivity contribution in [1.29, 1.82) is 0 Å². The van der Waals surface area contributed by atoms with Crippen molar-refractivity contribution in [2.75, 3.05) is 19.8 Å². The van der Waals surface area contributed by atoms with Crippen LogP contribution in [-0.2, 0) is 28.6 Å². The Morgan fingerprint density at radius 1 is 0.686 bits per heavy atom. The summed E-state index contributed by atoms with van der Waals surface area (Å²) < 4.78 is 29.3. The summed E-state index contributed by atoms with van der Waals surface area (Å²) in [6.07, 6.45) is 10.1. The van der Waals surface area contributed by atoms with Gasteiger partial charge in [0, 0.05) is 12.3 Å². The molecule has 4 unspecified atom stereocenters. The van der Waals surface area contributed by atoms with Crippen LogP contribution in [0.1, 0.15) is 140 Å². The average Bonchev–Trinajstić information content (AvgIpc) is 3.08. The van der Waals surface area contributed by atoms with E-state index < -0.39 is 0 Å². The van der Waals surface area contributed by atoms with Gasteiger partial charge in [0.15, 0.2) is 0 Å². The van der Waals surface area contributed by atoms with Crippen LogP contribution < -0.4 is 9.47 Å². The minimum atomic E-state index is -0.245. The molecule has 3 rings (SSSR count). The van der Waals surface area contributed by atoms with Gasteiger partial charge in [0.1, 0.15) is 30.0 Å². The quantitative estimate of drug-likeness (QED) is 0.110. The lowest BCUT2D eigenvalue weighted by Gasteiger charge is -2.37. The Labute approximate surface area is 309 Å². The number of rotatable bonds is 18. The van der Waals surface area contributed by atoms with E-state index in [-0.39, 0.29) is 65.4 Å². The first-order valence-corrected chi connectivity index (χ1v) is 19.9. The minimum Gasteiger partial charge on any atom is -0.488 e. The minimum absolute atomic E-state index is 0.0313. The fraction of sp³-hybridized carbons (Fsp3) is 0.791. The molecule has 1 aromatic carbocycles. The summed E-state index contributed by atoms with van der Waals surface area (Å²) in [5.41, 5.74) is -0.147. The van der Waals surface area contributed by atoms with Gasteiger partial charge in [-0.1, -0.05) is 48.5 Å². The summed E-state index contributed by atoms with van der Waals surface area (Å²) in [4.78, 5) is 38.2. The highest BCUT2D eigenvalue weighted by molar-refractivity contribution is 5.81. The van der Waals surface area contributed by atoms with Crippen LogP contribution >= 0.6 is 0 Å². The molecule has 2 fully saturated rings. The highest BCUT2D eigenvalue weighted by atomic mass is 16.6. The van der Waals surface area contributed by atoms with Gasteiger partial charge in [0.25, 0.3) is 0 Å². The molecule has 2 saturated carbocycles. The molecular formula is C43H70O8. The number of carbonyl (C=O) groups excluding carboxylic acids is 3. The van der Waals surface area contributed by atoms with Crippen LogP contribution in [0.4, 0.5) is 0 Å². The molecule has 1 aromatic rings. The van der Waals surface area contributed by atoms with E-state index >= 15 is 0 Å². The van der Waals surface area contributed by atoms with E-state index in [1.54, 1.807) is 12.1 Å². The SMILES string of the molecule is CCCC(=O)C1CCC(C2CCC(C(=O)Oc3ccc(OC(C)COC(C)COC(C)COC(=O)C(CC(C)(C)C)C(C)(C)C)cc3)CC2)CC1. The molecule has 4 atom stereocenters. The summed E-state index contributed by atoms with van der Waals surface area (Å²) in [5.74, 6) is 2.76. The van der Waals surface area contributed by atoms with Crippen molar-refractivity contribution < 1.29 is 38.1 Å². The number of hydrogen-bond donors (Lipinski definition) is 0. The average molecular weight is 715 g/mol. The van der Waals surface area contributed by atoms with Crippen LogP contribution in [0.25, 0.3) is 0 Å². The van der Waals surface area contributed by atoms with E-state index in [4.69, 9.17) is 23.7 Å². The molecule has 0 N–H and O–H groups in total. The molecular weight excluding hydrogens is 644 g/mol. The van der Waals surface area contributed by atoms with Crippen molar-refractivity contribution in [2.45, 2.75) is 158 Å². The number of benzene rings is 1. The molecule has 0 radical (unpaired) electrons. The maximum atomic E-state index is 13.0. The predicted molar refractivity (Wildman–Crippen MR) is 202 cm³/mol. The normalized spacial score (nSPS) is 23.8. The lowest BCUT2D eigenvalue weighted by atomic mass is 9.68. The molecule has 8 heteroatoms. The summed E-state index contributed by atoms with van der Waals surface area (Å²) in [6.45, 7) is 21.5. The Balaban J connectivity index is 1.30. The highest BCUT2D eigenvalue weighted by Gasteiger charge is 2.37. The first-order valence-electron chi connectivity index (χ1n) is 19.9. The molecule has 51 heavy (non-hydrogen) atoms. The fourth-order valence-electron chi connectivity index (χ4n) is 7.59. The van der Waals surface area contributed by atoms with Gasteiger partial charge < -0.3 is 23.7 Å². The Bertz CT molecular complexity index is 1200. The first kappa shape index (κ1) is 43.0. The summed E-state index contributed by atoms with van der Waals surface area (Å²) in [6, 6.07) is 7.20. The third kappa shape index (κ3) is 15.2. The molecule has 0 saturated heterocycles. The molecule has 0 amide bonds. The van der Waals surface area contributed by atoms with Crippen molar-refractivity contribution in [3.63, 3.8) is 0 Å². The van der Waals surface area contributed by atoms with Crippen molar-refractivity contribution >= 4 is 17.7 Å². The van der Waals surface area contributed by atoms with E-state index in [9.17, 15) is 14.4 Å². The van der Waals surface area contributed by atoms with Gasteiger partial charge in [-0.25, -0.2) is 0 Å². The molecule has 8 nitrogen and oxygen atoms in total. The Hall–Kier alpha value is -2.45. The van der Waals surface area contributed by atoms with Gasteiger partial charge in [-0.15, -0.1) is 0 Å². The van der Waals surface area contributed by atoms with E-state index in [1.807, 2.05) is 32.9 Å². The van der Waals surface area contributed by atoms with Crippen molar-refractivity contribution in [2.24, 2.45) is 40.4 Å². The van der Waals surface area contributed by atoms with Crippen LogP contribution in [0.5, 0.6) is 11.5 Å². The van der Waals surface area contributed by atoms with Gasteiger partial charge >= 0.3 is 11.9 Å². The third-order valence-corrected chi connectivity index (χ3v) is 10.7. The van der Waals surface area contributed by atoms with Crippen LogP contribution in [-0.4, -0.2) is 55.9 Å². The Morgan fingerprint density at radius 3 is 1.69 bits per heavy atom. The molecule has 290 valence electrons. The Kier molecular flexibility index (Phi) is 17.0. The molecule has 0 spiro atoms. The van der Waals surface area contributed by atoms with Gasteiger partial charge in [0.2, 0.25) is 0 Å². The van der Waals surface area contributed by atoms with Crippen molar-refractivity contribution in [3.8, 4) is 11.5 Å². The number of esters is 2. The molecule has 0 aromatic heterocycles. The lowest BCUT2D eigenvalue weighted by molar-refractivity contribution is -0.158. The van der Waals surface area contributed by atoms with Crippen molar-refractivity contribution in [1.82, 2.24) is 0 Å². The second kappa shape index (κ2) is 20.1. The summed E-state index contributed by atoms with van der Waals surface area (Å²) in [7, 11) is 0. The molecule has 0 bridgehead atoms. The van der Waals surface area contributed by atoms with Crippen LogP contribution in [0.3, 0.4) is 0 Å². The number of hydrogen-bond acceptors (Lipinski definition) is 8. The van der Waals surface area contributed by atoms with Gasteiger partial charge in [-0.3, -0.25) is 14.4 Å². The van der Waals surface area contributed by atoms with Gasteiger partial charge in [-0.2, -0.15) is 0 Å². The van der Waals surface area contributed by atoms with Crippen molar-refractivity contribution in [3.05, 3.63) is 24.3 Å². The van der Waals surface area contributed by atoms with Gasteiger partial charge in [0.05, 0.1) is 37.3 Å².